The molecule has 0 saturated heterocycles. The van der Waals surface area contributed by atoms with Crippen molar-refractivity contribution >= 4 is 12.0 Å². The Morgan fingerprint density at radius 2 is 1.82 bits per heavy atom. The molecule has 0 aliphatic rings. The Balaban J connectivity index is 2.19. The zero-order chi connectivity index (χ0) is 24.5. The van der Waals surface area contributed by atoms with Gasteiger partial charge in [-0.05, 0) is 48.6 Å². The van der Waals surface area contributed by atoms with Crippen LogP contribution in [0.25, 0.3) is 0 Å². The summed E-state index contributed by atoms with van der Waals surface area (Å²) in [4.78, 5) is 25.1. The second-order valence-corrected chi connectivity index (χ2v) is 8.11. The van der Waals surface area contributed by atoms with Crippen molar-refractivity contribution in [3.63, 3.8) is 0 Å². The fourth-order valence-corrected chi connectivity index (χ4v) is 2.97. The average molecular weight is 465 g/mol. The van der Waals surface area contributed by atoms with Crippen LogP contribution in [0.15, 0.2) is 30.3 Å². The van der Waals surface area contributed by atoms with E-state index in [2.05, 4.69) is 0 Å². The summed E-state index contributed by atoms with van der Waals surface area (Å²) in [6.45, 7) is 6.65. The van der Waals surface area contributed by atoms with Crippen molar-refractivity contribution in [1.82, 2.24) is 4.90 Å². The Morgan fingerprint density at radius 3 is 2.36 bits per heavy atom. The maximum atomic E-state index is 14.7. The van der Waals surface area contributed by atoms with Gasteiger partial charge in [-0.2, -0.15) is 0 Å². The number of halogens is 2. The van der Waals surface area contributed by atoms with Crippen molar-refractivity contribution < 1.29 is 33.0 Å². The number of aromatic hydroxyl groups is 1. The van der Waals surface area contributed by atoms with Crippen LogP contribution in [-0.2, 0) is 11.3 Å². The summed E-state index contributed by atoms with van der Waals surface area (Å²) in [6.07, 6.45) is 1.78. The van der Waals surface area contributed by atoms with Crippen LogP contribution < -0.4 is 10.5 Å². The van der Waals surface area contributed by atoms with Crippen LogP contribution in [0.4, 0.5) is 13.6 Å². The third-order valence-corrected chi connectivity index (χ3v) is 4.84. The maximum Gasteiger partial charge on any atom is 0.410 e. The van der Waals surface area contributed by atoms with E-state index in [0.29, 0.717) is 18.9 Å². The molecular formula is C24H30F2N2O5. The van der Waals surface area contributed by atoms with E-state index < -0.39 is 35.1 Å². The van der Waals surface area contributed by atoms with Gasteiger partial charge in [-0.1, -0.05) is 27.2 Å². The summed E-state index contributed by atoms with van der Waals surface area (Å²) in [5, 5.41) is 9.82. The molecule has 3 N–H and O–H groups in total. The van der Waals surface area contributed by atoms with Gasteiger partial charge in [0.25, 0.3) is 5.91 Å². The smallest absolute Gasteiger partial charge is 0.410 e. The van der Waals surface area contributed by atoms with Crippen LogP contribution in [0.2, 0.25) is 0 Å². The third kappa shape index (κ3) is 7.62. The highest BCUT2D eigenvalue weighted by atomic mass is 19.1. The predicted molar refractivity (Wildman–Crippen MR) is 119 cm³/mol. The van der Waals surface area contributed by atoms with E-state index >= 15 is 0 Å². The molecule has 0 unspecified atom stereocenters. The fourth-order valence-electron chi connectivity index (χ4n) is 2.97. The first-order valence-electron chi connectivity index (χ1n) is 10.8. The number of benzene rings is 2. The highest BCUT2D eigenvalue weighted by Crippen LogP contribution is 2.32. The van der Waals surface area contributed by atoms with Gasteiger partial charge in [0.2, 0.25) is 0 Å². The summed E-state index contributed by atoms with van der Waals surface area (Å²) in [5.41, 5.74) is 5.21. The summed E-state index contributed by atoms with van der Waals surface area (Å²) in [7, 11) is 0. The Kier molecular flexibility index (Phi) is 9.44. The lowest BCUT2D eigenvalue weighted by Crippen LogP contribution is -2.33. The molecule has 180 valence electrons. The highest BCUT2D eigenvalue weighted by Gasteiger charge is 2.20. The van der Waals surface area contributed by atoms with E-state index in [1.807, 2.05) is 20.8 Å². The van der Waals surface area contributed by atoms with E-state index in [1.165, 1.54) is 17.0 Å². The van der Waals surface area contributed by atoms with Crippen LogP contribution in [0.1, 0.15) is 56.0 Å². The highest BCUT2D eigenvalue weighted by molar-refractivity contribution is 5.95. The molecule has 0 aliphatic carbocycles. The first-order valence-corrected chi connectivity index (χ1v) is 10.8. The summed E-state index contributed by atoms with van der Waals surface area (Å²) in [5.74, 6) is -3.71. The molecule has 0 saturated carbocycles. The minimum atomic E-state index is -0.980. The normalized spacial score (nSPS) is 10.8. The summed E-state index contributed by atoms with van der Waals surface area (Å²) in [6, 6.07) is 5.64. The van der Waals surface area contributed by atoms with E-state index in [0.717, 1.165) is 31.0 Å². The zero-order valence-corrected chi connectivity index (χ0v) is 19.1. The molecule has 2 aromatic rings. The van der Waals surface area contributed by atoms with E-state index in [9.17, 15) is 23.5 Å². The molecule has 0 aliphatic heterocycles. The summed E-state index contributed by atoms with van der Waals surface area (Å²) < 4.78 is 39.9. The molecule has 2 aromatic carbocycles. The number of nitrogens with zero attached hydrogens (tertiary/aromatic N) is 1. The lowest BCUT2D eigenvalue weighted by atomic mass is 10.1. The van der Waals surface area contributed by atoms with Gasteiger partial charge in [0.05, 0.1) is 12.2 Å². The van der Waals surface area contributed by atoms with Crippen LogP contribution >= 0.6 is 0 Å². The van der Waals surface area contributed by atoms with Crippen molar-refractivity contribution in [3.8, 4) is 17.2 Å². The molecule has 2 amide bonds. The first kappa shape index (κ1) is 25.9. The molecule has 2 rings (SSSR count). The van der Waals surface area contributed by atoms with E-state index in [-0.39, 0.29) is 30.0 Å². The lowest BCUT2D eigenvalue weighted by Gasteiger charge is -2.23. The largest absolute Gasteiger partial charge is 0.507 e. The van der Waals surface area contributed by atoms with Crippen LogP contribution in [-0.4, -0.2) is 35.2 Å². The number of rotatable bonds is 11. The van der Waals surface area contributed by atoms with Gasteiger partial charge in [-0.25, -0.2) is 13.6 Å². The Hall–Kier alpha value is -3.36. The number of nitrogens with two attached hydrogens (primary N) is 1. The quantitative estimate of drug-likeness (QED) is 0.437. The van der Waals surface area contributed by atoms with Crippen LogP contribution in [0.5, 0.6) is 17.2 Å². The molecule has 33 heavy (non-hydrogen) atoms. The Labute approximate surface area is 192 Å². The van der Waals surface area contributed by atoms with Gasteiger partial charge in [-0.3, -0.25) is 4.79 Å². The second kappa shape index (κ2) is 12.0. The molecular weight excluding hydrogens is 434 g/mol. The van der Waals surface area contributed by atoms with Crippen molar-refractivity contribution in [2.45, 2.75) is 46.6 Å². The fraction of sp³-hybridized carbons (Fsp3) is 0.417. The Morgan fingerprint density at radius 1 is 1.15 bits per heavy atom. The second-order valence-electron chi connectivity index (χ2n) is 8.11. The number of phenols is 1. The first-order chi connectivity index (χ1) is 15.6. The molecule has 0 aromatic heterocycles. The van der Waals surface area contributed by atoms with E-state index in [1.54, 1.807) is 0 Å². The third-order valence-electron chi connectivity index (χ3n) is 4.84. The van der Waals surface area contributed by atoms with Gasteiger partial charge in [0.1, 0.15) is 11.5 Å². The van der Waals surface area contributed by atoms with Crippen LogP contribution in [0, 0.1) is 17.6 Å². The molecule has 0 spiro atoms. The number of unbranched alkanes of at least 4 members (excludes halogenated alkanes) is 1. The number of hydrogen-bond acceptors (Lipinski definition) is 5. The molecule has 0 radical (unpaired) electrons. The monoisotopic (exact) mass is 464 g/mol. The van der Waals surface area contributed by atoms with Crippen molar-refractivity contribution in [3.05, 3.63) is 53.1 Å². The van der Waals surface area contributed by atoms with Crippen molar-refractivity contribution in [2.24, 2.45) is 11.7 Å². The SMILES string of the molecule is CCCCOC(=O)N(CCC(C)C)Cc1cc(F)c(Oc2ccc(C(N)=O)c(O)c2)c(F)c1. The number of carbonyl (C=O) groups excluding carboxylic acids is 2. The molecule has 0 bridgehead atoms. The van der Waals surface area contributed by atoms with Gasteiger partial charge in [0, 0.05) is 19.2 Å². The average Bonchev–Trinajstić information content (AvgIpc) is 2.73. The molecule has 0 fully saturated rings. The maximum absolute atomic E-state index is 14.7. The number of ether oxygens (including phenoxy) is 2. The standard InChI is InChI=1S/C24H30F2N2O5/c1-4-5-10-32-24(31)28(9-8-15(2)3)14-16-11-19(25)22(20(26)12-16)33-17-6-7-18(23(27)30)21(29)13-17/h6-7,11-13,15,29H,4-5,8-10,14H2,1-3H3,(H2,27,30). The molecule has 7 nitrogen and oxygen atoms in total. The molecule has 9 heteroatoms. The number of primary amides is 1. The van der Waals surface area contributed by atoms with Gasteiger partial charge < -0.3 is 25.2 Å². The minimum Gasteiger partial charge on any atom is -0.507 e. The molecule has 0 atom stereocenters. The van der Waals surface area contributed by atoms with Crippen molar-refractivity contribution in [2.75, 3.05) is 13.2 Å². The topological polar surface area (TPSA) is 102 Å². The van der Waals surface area contributed by atoms with Crippen molar-refractivity contribution in [1.29, 1.82) is 0 Å². The van der Waals surface area contributed by atoms with Gasteiger partial charge >= 0.3 is 6.09 Å². The molecule has 0 heterocycles. The number of amides is 2. The lowest BCUT2D eigenvalue weighted by molar-refractivity contribution is 0.0964. The predicted octanol–water partition coefficient (Wildman–Crippen LogP) is 5.35. The Bertz CT molecular complexity index is 958. The zero-order valence-electron chi connectivity index (χ0n) is 19.1. The number of hydrogen-bond donors (Lipinski definition) is 2. The van der Waals surface area contributed by atoms with Crippen LogP contribution in [0.3, 0.4) is 0 Å². The number of carbonyl (C=O) groups is 2. The summed E-state index contributed by atoms with van der Waals surface area (Å²) >= 11 is 0. The van der Waals surface area contributed by atoms with E-state index in [4.69, 9.17) is 15.2 Å². The van der Waals surface area contributed by atoms with Gasteiger partial charge in [-0.15, -0.1) is 0 Å². The van der Waals surface area contributed by atoms with Gasteiger partial charge in [0.15, 0.2) is 17.4 Å². The minimum absolute atomic E-state index is 0.0279.